The molecule has 0 bridgehead atoms. The summed E-state index contributed by atoms with van der Waals surface area (Å²) < 4.78 is 21.2. The first-order valence-corrected chi connectivity index (χ1v) is 23.2. The van der Waals surface area contributed by atoms with Crippen LogP contribution in [0.2, 0.25) is 0 Å². The zero-order valence-corrected chi connectivity index (χ0v) is 38.1. The monoisotopic (exact) mass is 928 g/mol. The van der Waals surface area contributed by atoms with Crippen molar-refractivity contribution in [2.75, 3.05) is 85.6 Å². The number of rotatable bonds is 44. The van der Waals surface area contributed by atoms with Gasteiger partial charge in [-0.1, -0.05) is 77.0 Å². The highest BCUT2D eigenvalue weighted by molar-refractivity contribution is 6.07. The average Bonchev–Trinajstić information content (AvgIpc) is 3.59. The Hall–Kier alpha value is -4.73. The summed E-state index contributed by atoms with van der Waals surface area (Å²) in [6.07, 6.45) is 16.6. The summed E-state index contributed by atoms with van der Waals surface area (Å²) in [5.41, 5.74) is 0. The zero-order chi connectivity index (χ0) is 47.8. The van der Waals surface area contributed by atoms with Crippen molar-refractivity contribution in [3.8, 4) is 0 Å². The second-order valence-electron chi connectivity index (χ2n) is 15.6. The van der Waals surface area contributed by atoms with Crippen molar-refractivity contribution in [1.29, 1.82) is 0 Å². The summed E-state index contributed by atoms with van der Waals surface area (Å²) in [7, 11) is 0. The van der Waals surface area contributed by atoms with Crippen LogP contribution in [-0.4, -0.2) is 160 Å². The molecule has 0 unspecified atom stereocenters. The van der Waals surface area contributed by atoms with Crippen LogP contribution in [0.5, 0.6) is 0 Å². The molecule has 0 spiro atoms. The van der Waals surface area contributed by atoms with E-state index in [0.29, 0.717) is 6.42 Å². The predicted molar refractivity (Wildman–Crippen MR) is 236 cm³/mol. The number of ether oxygens (including phenoxy) is 4. The molecule has 1 atom stereocenters. The molecule has 0 aromatic heterocycles. The van der Waals surface area contributed by atoms with E-state index >= 15 is 0 Å². The van der Waals surface area contributed by atoms with Crippen molar-refractivity contribution in [2.45, 2.75) is 134 Å². The van der Waals surface area contributed by atoms with Gasteiger partial charge in [0.1, 0.15) is 19.3 Å². The summed E-state index contributed by atoms with van der Waals surface area (Å²) >= 11 is 0. The number of aliphatic carboxylic acids is 2. The van der Waals surface area contributed by atoms with E-state index < -0.39 is 23.9 Å². The number of likely N-dealkylation sites (tertiary alicyclic amines) is 1. The highest BCUT2D eigenvalue weighted by Crippen LogP contribution is 2.14. The molecule has 1 heterocycles. The Morgan fingerprint density at radius 2 is 0.938 bits per heavy atom. The first kappa shape index (κ1) is 58.3. The van der Waals surface area contributed by atoms with Crippen molar-refractivity contribution in [3.05, 3.63) is 6.42 Å². The van der Waals surface area contributed by atoms with E-state index in [9.17, 15) is 48.3 Å². The largest absolute Gasteiger partial charge is 0.481 e. The normalized spacial score (nSPS) is 12.8. The van der Waals surface area contributed by atoms with E-state index in [1.54, 1.807) is 0 Å². The van der Waals surface area contributed by atoms with Crippen LogP contribution in [0, 0.1) is 6.42 Å². The van der Waals surface area contributed by atoms with Crippen molar-refractivity contribution >= 4 is 53.3 Å². The van der Waals surface area contributed by atoms with Crippen LogP contribution in [-0.2, 0) is 62.1 Å². The number of carboxylic acids is 2. The van der Waals surface area contributed by atoms with Gasteiger partial charge < -0.3 is 55.7 Å². The molecule has 21 nitrogen and oxygen atoms in total. The fourth-order valence-electron chi connectivity index (χ4n) is 6.43. The topological polar surface area (TPSA) is 294 Å². The smallest absolute Gasteiger partial charge is 0.326 e. The average molecular weight is 928 g/mol. The molecule has 1 fully saturated rings. The molecule has 7 amide bonds. The summed E-state index contributed by atoms with van der Waals surface area (Å²) in [4.78, 5) is 106. The maximum absolute atomic E-state index is 12.3. The van der Waals surface area contributed by atoms with Gasteiger partial charge in [-0.3, -0.25) is 43.3 Å². The van der Waals surface area contributed by atoms with Crippen molar-refractivity contribution in [2.24, 2.45) is 0 Å². The molecule has 0 aromatic carbocycles. The van der Waals surface area contributed by atoms with Crippen LogP contribution < -0.4 is 26.6 Å². The van der Waals surface area contributed by atoms with Gasteiger partial charge in [-0.25, -0.2) is 4.79 Å². The van der Waals surface area contributed by atoms with Gasteiger partial charge >= 0.3 is 11.9 Å². The van der Waals surface area contributed by atoms with Crippen molar-refractivity contribution in [3.63, 3.8) is 0 Å². The Morgan fingerprint density at radius 3 is 1.42 bits per heavy atom. The first-order valence-electron chi connectivity index (χ1n) is 23.2. The molecular formula is C44H75N6O15. The minimum absolute atomic E-state index is 0.00989. The molecule has 7 N–H and O–H groups in total. The Balaban J connectivity index is 1.89. The maximum atomic E-state index is 12.3. The lowest BCUT2D eigenvalue weighted by Gasteiger charge is -2.14. The molecule has 1 radical (unpaired) electrons. The number of carbonyl (C=O) groups excluding carboxylic acids is 7. The molecule has 371 valence electrons. The summed E-state index contributed by atoms with van der Waals surface area (Å²) in [6, 6.07) is -1.15. The van der Waals surface area contributed by atoms with E-state index in [0.717, 1.165) is 49.8 Å². The summed E-state index contributed by atoms with van der Waals surface area (Å²) in [6.45, 7) is 1.46. The third-order valence-electron chi connectivity index (χ3n) is 10.0. The number of hydrogen-bond acceptors (Lipinski definition) is 13. The van der Waals surface area contributed by atoms with E-state index in [1.807, 2.05) is 0 Å². The first-order chi connectivity index (χ1) is 31.4. The summed E-state index contributed by atoms with van der Waals surface area (Å²) in [5, 5.41) is 31.1. The van der Waals surface area contributed by atoms with Gasteiger partial charge in [-0.2, -0.15) is 0 Å². The zero-order valence-electron chi connectivity index (χ0n) is 38.1. The minimum Gasteiger partial charge on any atom is -0.481 e. The lowest BCUT2D eigenvalue weighted by molar-refractivity contribution is -0.142. The van der Waals surface area contributed by atoms with Crippen LogP contribution in [0.3, 0.4) is 0 Å². The number of carboxylic acid groups (broad SMARTS) is 2. The third kappa shape index (κ3) is 35.2. The van der Waals surface area contributed by atoms with Gasteiger partial charge in [0, 0.05) is 64.8 Å². The van der Waals surface area contributed by atoms with E-state index in [4.69, 9.17) is 24.1 Å². The van der Waals surface area contributed by atoms with Crippen molar-refractivity contribution in [1.82, 2.24) is 31.5 Å². The molecule has 0 aliphatic carbocycles. The summed E-state index contributed by atoms with van der Waals surface area (Å²) in [5.74, 6) is -4.43. The van der Waals surface area contributed by atoms with Gasteiger partial charge in [-0.05, 0) is 19.3 Å². The second kappa shape index (κ2) is 39.6. The van der Waals surface area contributed by atoms with Gasteiger partial charge in [-0.15, -0.1) is 0 Å². The number of carbonyl (C=O) groups is 9. The molecule has 1 aliphatic heterocycles. The molecule has 0 aromatic rings. The molecule has 1 rings (SSSR count). The van der Waals surface area contributed by atoms with Gasteiger partial charge in [0.05, 0.1) is 46.1 Å². The quantitative estimate of drug-likeness (QED) is 0.0337. The fourth-order valence-corrected chi connectivity index (χ4v) is 6.43. The highest BCUT2D eigenvalue weighted by atomic mass is 16.5. The van der Waals surface area contributed by atoms with E-state index in [2.05, 4.69) is 26.6 Å². The number of hydrogen-bond donors (Lipinski definition) is 7. The van der Waals surface area contributed by atoms with Crippen LogP contribution in [0.4, 0.5) is 0 Å². The lowest BCUT2D eigenvalue weighted by Crippen LogP contribution is -2.41. The Morgan fingerprint density at radius 1 is 0.508 bits per heavy atom. The molecule has 21 heteroatoms. The minimum atomic E-state index is -1.19. The van der Waals surface area contributed by atoms with Crippen LogP contribution >= 0.6 is 0 Å². The molecule has 1 aliphatic rings. The number of unbranched alkanes of at least 4 members (excludes halogenated alkanes) is 13. The van der Waals surface area contributed by atoms with Crippen LogP contribution in [0.1, 0.15) is 128 Å². The fraction of sp³-hybridized carbons (Fsp3) is 0.773. The molecule has 65 heavy (non-hydrogen) atoms. The predicted octanol–water partition coefficient (Wildman–Crippen LogP) is 1.55. The number of amides is 7. The van der Waals surface area contributed by atoms with E-state index in [1.165, 1.54) is 44.9 Å². The molecular weight excluding hydrogens is 853 g/mol. The standard InChI is InChI=1S/C44H75N6O15/c51-36(18-17-35(44(60)61)49-38(53)15-13-11-9-7-5-3-1-2-4-6-8-10-12-14-16-43(58)59)47-24-27-62-29-32-65-34-40(55)48-25-28-63-30-31-64-33-39(54)46-23-22-45-37(52)21-26-50-41(56)19-20-42(50)57/h19,35H,1-18,20-34H2,(H,45,52)(H,46,54)(H,47,51)(H,48,55)(H,49,53)(H,58,59)(H,60,61)/t35-/m0/s1. The van der Waals surface area contributed by atoms with Gasteiger partial charge in [0.25, 0.3) is 0 Å². The van der Waals surface area contributed by atoms with Gasteiger partial charge in [0.15, 0.2) is 0 Å². The maximum Gasteiger partial charge on any atom is 0.326 e. The second-order valence-corrected chi connectivity index (χ2v) is 15.6. The lowest BCUT2D eigenvalue weighted by atomic mass is 10.0. The van der Waals surface area contributed by atoms with E-state index in [-0.39, 0.29) is 160 Å². The Kier molecular flexibility index (Phi) is 35.5. The Bertz CT molecular complexity index is 1400. The number of nitrogens with one attached hydrogen (secondary N) is 5. The molecule has 1 saturated heterocycles. The van der Waals surface area contributed by atoms with Gasteiger partial charge in [0.2, 0.25) is 41.4 Å². The van der Waals surface area contributed by atoms with Crippen LogP contribution in [0.15, 0.2) is 0 Å². The number of imide groups is 1. The van der Waals surface area contributed by atoms with Crippen LogP contribution in [0.25, 0.3) is 0 Å². The third-order valence-corrected chi connectivity index (χ3v) is 10.0. The SMILES string of the molecule is O=C(O)CCCCCCCCCCCCCCCCC(=O)N[C@@H](CCC(=O)NCCOCCOCC(=O)NCCOCCOCC(=O)NCCNC(=O)CCN1C(=O)[CH]CC1=O)C(=O)O. The Labute approximate surface area is 382 Å². The number of nitrogens with zero attached hydrogens (tertiary/aromatic N) is 1. The highest BCUT2D eigenvalue weighted by Gasteiger charge is 2.29. The van der Waals surface area contributed by atoms with Crippen molar-refractivity contribution < 1.29 is 72.3 Å². The molecule has 0 saturated carbocycles.